The summed E-state index contributed by atoms with van der Waals surface area (Å²) in [5.41, 5.74) is 0.0882. The van der Waals surface area contributed by atoms with Crippen LogP contribution in [0.4, 0.5) is 0 Å². The van der Waals surface area contributed by atoms with E-state index >= 15 is 0 Å². The van der Waals surface area contributed by atoms with E-state index in [1.165, 1.54) is 0 Å². The van der Waals surface area contributed by atoms with Crippen molar-refractivity contribution in [1.29, 1.82) is 0 Å². The predicted molar refractivity (Wildman–Crippen MR) is 64.3 cm³/mol. The molecule has 0 saturated heterocycles. The molecule has 0 aromatic heterocycles. The van der Waals surface area contributed by atoms with Gasteiger partial charge in [0.1, 0.15) is 5.41 Å². The van der Waals surface area contributed by atoms with Gasteiger partial charge in [-0.3, -0.25) is 4.79 Å². The molecule has 0 spiro atoms. The van der Waals surface area contributed by atoms with Gasteiger partial charge in [-0.15, -0.1) is 0 Å². The van der Waals surface area contributed by atoms with Crippen LogP contribution in [0.1, 0.15) is 12.0 Å². The molecule has 1 saturated carbocycles. The fourth-order valence-corrected chi connectivity index (χ4v) is 3.36. The minimum Gasteiger partial charge on any atom is -0.481 e. The SMILES string of the molecule is O=C(O)C1(c2ccc3c(c2)OCO3)CC1I. The average molecular weight is 332 g/mol. The van der Waals surface area contributed by atoms with Crippen LogP contribution in [0.2, 0.25) is 0 Å². The summed E-state index contributed by atoms with van der Waals surface area (Å²) in [6, 6.07) is 5.39. The monoisotopic (exact) mass is 332 g/mol. The Balaban J connectivity index is 2.04. The van der Waals surface area contributed by atoms with Gasteiger partial charge in [0.15, 0.2) is 11.5 Å². The van der Waals surface area contributed by atoms with Gasteiger partial charge in [0, 0.05) is 3.92 Å². The Morgan fingerprint density at radius 3 is 2.75 bits per heavy atom. The Hall–Kier alpha value is -0.980. The molecule has 1 fully saturated rings. The topological polar surface area (TPSA) is 55.8 Å². The normalized spacial score (nSPS) is 30.2. The fraction of sp³-hybridized carbons (Fsp3) is 0.364. The zero-order valence-corrected chi connectivity index (χ0v) is 10.4. The summed E-state index contributed by atoms with van der Waals surface area (Å²) >= 11 is 2.18. The molecule has 2 atom stereocenters. The molecule has 1 aromatic carbocycles. The van der Waals surface area contributed by atoms with Gasteiger partial charge < -0.3 is 14.6 Å². The molecule has 2 unspecified atom stereocenters. The van der Waals surface area contributed by atoms with Gasteiger partial charge in [-0.2, -0.15) is 0 Å². The summed E-state index contributed by atoms with van der Waals surface area (Å²) in [6.45, 7) is 0.215. The van der Waals surface area contributed by atoms with Gasteiger partial charge in [-0.1, -0.05) is 28.7 Å². The number of fused-ring (bicyclic) bond motifs is 1. The lowest BCUT2D eigenvalue weighted by Gasteiger charge is -2.11. The van der Waals surface area contributed by atoms with E-state index < -0.39 is 11.4 Å². The molecule has 5 heteroatoms. The highest BCUT2D eigenvalue weighted by atomic mass is 127. The first-order valence-corrected chi connectivity index (χ1v) is 6.17. The lowest BCUT2D eigenvalue weighted by molar-refractivity contribution is -0.139. The highest BCUT2D eigenvalue weighted by Gasteiger charge is 2.60. The Labute approximate surface area is 106 Å². The van der Waals surface area contributed by atoms with Gasteiger partial charge in [0.25, 0.3) is 0 Å². The summed E-state index contributed by atoms with van der Waals surface area (Å²) in [4.78, 5) is 11.3. The number of aliphatic carboxylic acids is 1. The van der Waals surface area contributed by atoms with Crippen LogP contribution in [0.15, 0.2) is 18.2 Å². The van der Waals surface area contributed by atoms with Crippen molar-refractivity contribution in [2.75, 3.05) is 6.79 Å². The van der Waals surface area contributed by atoms with Crippen LogP contribution in [-0.2, 0) is 10.2 Å². The molecule has 16 heavy (non-hydrogen) atoms. The Morgan fingerprint density at radius 1 is 1.44 bits per heavy atom. The predicted octanol–water partition coefficient (Wildman–Crippen LogP) is 1.95. The van der Waals surface area contributed by atoms with Gasteiger partial charge in [-0.05, 0) is 24.1 Å². The molecule has 0 amide bonds. The van der Waals surface area contributed by atoms with Gasteiger partial charge >= 0.3 is 5.97 Å². The minimum atomic E-state index is -0.759. The second-order valence-electron chi connectivity index (χ2n) is 4.02. The summed E-state index contributed by atoms with van der Waals surface area (Å²) in [5, 5.41) is 9.30. The quantitative estimate of drug-likeness (QED) is 0.664. The smallest absolute Gasteiger partial charge is 0.315 e. The van der Waals surface area contributed by atoms with Gasteiger partial charge in [-0.25, -0.2) is 0 Å². The second kappa shape index (κ2) is 3.26. The van der Waals surface area contributed by atoms with Crippen LogP contribution in [0, 0.1) is 0 Å². The summed E-state index contributed by atoms with van der Waals surface area (Å²) in [6.07, 6.45) is 0.683. The molecule has 4 nitrogen and oxygen atoms in total. The van der Waals surface area contributed by atoms with E-state index in [1.54, 1.807) is 12.1 Å². The van der Waals surface area contributed by atoms with Crippen LogP contribution < -0.4 is 9.47 Å². The summed E-state index contributed by atoms with van der Waals surface area (Å²) in [5.74, 6) is 0.578. The second-order valence-corrected chi connectivity index (χ2v) is 5.52. The van der Waals surface area contributed by atoms with Crippen molar-refractivity contribution < 1.29 is 19.4 Å². The molecule has 0 bridgehead atoms. The highest BCUT2D eigenvalue weighted by molar-refractivity contribution is 14.1. The number of ether oxygens (including phenoxy) is 2. The standard InChI is InChI=1S/C11H9IO4/c12-9-4-11(9,10(13)14)6-1-2-7-8(3-6)16-5-15-7/h1-3,9H,4-5H2,(H,13,14). The van der Waals surface area contributed by atoms with E-state index in [1.807, 2.05) is 6.07 Å². The molecule has 0 radical (unpaired) electrons. The number of carboxylic acid groups (broad SMARTS) is 1. The zero-order valence-electron chi connectivity index (χ0n) is 8.27. The highest BCUT2D eigenvalue weighted by Crippen LogP contribution is 2.55. The molecule has 3 rings (SSSR count). The molecule has 1 N–H and O–H groups in total. The van der Waals surface area contributed by atoms with Crippen molar-refractivity contribution in [2.45, 2.75) is 15.8 Å². The lowest BCUT2D eigenvalue weighted by Crippen LogP contribution is -2.22. The minimum absolute atomic E-state index is 0.156. The average Bonchev–Trinajstić information content (AvgIpc) is 2.75. The van der Waals surface area contributed by atoms with Crippen LogP contribution in [0.25, 0.3) is 0 Å². The number of carboxylic acids is 1. The lowest BCUT2D eigenvalue weighted by atomic mass is 9.96. The van der Waals surface area contributed by atoms with E-state index in [2.05, 4.69) is 22.6 Å². The van der Waals surface area contributed by atoms with E-state index in [-0.39, 0.29) is 10.7 Å². The largest absolute Gasteiger partial charge is 0.481 e. The third-order valence-corrected chi connectivity index (χ3v) is 4.65. The molecule has 84 valence electrons. The first-order chi connectivity index (χ1) is 7.64. The number of carbonyl (C=O) groups is 1. The molecular formula is C11H9IO4. The Kier molecular flexibility index (Phi) is 2.07. The maximum Gasteiger partial charge on any atom is 0.315 e. The number of benzene rings is 1. The van der Waals surface area contributed by atoms with Crippen molar-refractivity contribution in [3.05, 3.63) is 23.8 Å². The van der Waals surface area contributed by atoms with Gasteiger partial charge in [0.2, 0.25) is 6.79 Å². The van der Waals surface area contributed by atoms with E-state index in [4.69, 9.17) is 9.47 Å². The molecular weight excluding hydrogens is 323 g/mol. The molecule has 1 heterocycles. The molecule has 1 aliphatic heterocycles. The third kappa shape index (κ3) is 1.24. The maximum absolute atomic E-state index is 11.3. The number of hydrogen-bond acceptors (Lipinski definition) is 3. The van der Waals surface area contributed by atoms with Crippen LogP contribution in [-0.4, -0.2) is 21.8 Å². The maximum atomic E-state index is 11.3. The third-order valence-electron chi connectivity index (χ3n) is 3.15. The van der Waals surface area contributed by atoms with E-state index in [9.17, 15) is 9.90 Å². The van der Waals surface area contributed by atoms with E-state index in [0.717, 1.165) is 5.56 Å². The van der Waals surface area contributed by atoms with Gasteiger partial charge in [0.05, 0.1) is 0 Å². The Morgan fingerprint density at radius 2 is 2.12 bits per heavy atom. The number of rotatable bonds is 2. The van der Waals surface area contributed by atoms with Crippen LogP contribution in [0.5, 0.6) is 11.5 Å². The van der Waals surface area contributed by atoms with Crippen molar-refractivity contribution >= 4 is 28.6 Å². The number of alkyl halides is 1. The van der Waals surface area contributed by atoms with Crippen LogP contribution >= 0.6 is 22.6 Å². The van der Waals surface area contributed by atoms with Crippen LogP contribution in [0.3, 0.4) is 0 Å². The van der Waals surface area contributed by atoms with E-state index in [0.29, 0.717) is 17.9 Å². The molecule has 2 aliphatic rings. The zero-order chi connectivity index (χ0) is 11.3. The summed E-state index contributed by atoms with van der Waals surface area (Å²) < 4.78 is 10.6. The molecule has 1 aromatic rings. The van der Waals surface area contributed by atoms with Crippen molar-refractivity contribution in [2.24, 2.45) is 0 Å². The first kappa shape index (κ1) is 10.2. The number of hydrogen-bond donors (Lipinski definition) is 1. The fourth-order valence-electron chi connectivity index (χ4n) is 2.04. The first-order valence-electron chi connectivity index (χ1n) is 4.92. The van der Waals surface area contributed by atoms with Crippen molar-refractivity contribution in [3.63, 3.8) is 0 Å². The molecule has 1 aliphatic carbocycles. The Bertz CT molecular complexity index is 473. The summed E-state index contributed by atoms with van der Waals surface area (Å²) in [7, 11) is 0. The number of halogens is 1. The van der Waals surface area contributed by atoms with Crippen molar-refractivity contribution in [1.82, 2.24) is 0 Å². The van der Waals surface area contributed by atoms with Crippen molar-refractivity contribution in [3.8, 4) is 11.5 Å².